The summed E-state index contributed by atoms with van der Waals surface area (Å²) in [5, 5.41) is 9.33. The number of aryl methyl sites for hydroxylation is 1. The number of ether oxygens (including phenoxy) is 1. The smallest absolute Gasteiger partial charge is 0.340 e. The zero-order chi connectivity index (χ0) is 13.6. The molecule has 98 valence electrons. The molecule has 1 atom stereocenters. The van der Waals surface area contributed by atoms with Crippen molar-refractivity contribution in [2.75, 3.05) is 6.61 Å². The second-order valence-corrected chi connectivity index (χ2v) is 4.39. The van der Waals surface area contributed by atoms with Gasteiger partial charge >= 0.3 is 5.97 Å². The van der Waals surface area contributed by atoms with Crippen molar-refractivity contribution >= 4 is 5.97 Å². The molecule has 0 aliphatic rings. The van der Waals surface area contributed by atoms with Crippen LogP contribution in [-0.2, 0) is 21.6 Å². The van der Waals surface area contributed by atoms with Crippen LogP contribution in [-0.4, -0.2) is 17.7 Å². The molecule has 0 amide bonds. The Hall–Kier alpha value is -1.61. The number of carbonyl (C=O) groups is 1. The van der Waals surface area contributed by atoms with Gasteiger partial charge in [-0.1, -0.05) is 43.7 Å². The van der Waals surface area contributed by atoms with Crippen LogP contribution in [0.4, 0.5) is 0 Å². The summed E-state index contributed by atoms with van der Waals surface area (Å²) in [6.45, 7) is 7.42. The highest BCUT2D eigenvalue weighted by Crippen LogP contribution is 2.26. The SMILES string of the molecule is C=CCOC(C)(C(=O)O)c1ccc(CCC)cc1. The number of carboxylic acid groups (broad SMARTS) is 1. The summed E-state index contributed by atoms with van der Waals surface area (Å²) >= 11 is 0. The highest BCUT2D eigenvalue weighted by Gasteiger charge is 2.35. The first-order chi connectivity index (χ1) is 8.54. The highest BCUT2D eigenvalue weighted by atomic mass is 16.5. The Bertz CT molecular complexity index is 408. The summed E-state index contributed by atoms with van der Waals surface area (Å²) in [5.41, 5.74) is 0.535. The van der Waals surface area contributed by atoms with Gasteiger partial charge in [-0.25, -0.2) is 4.79 Å². The van der Waals surface area contributed by atoms with E-state index < -0.39 is 11.6 Å². The lowest BCUT2D eigenvalue weighted by Gasteiger charge is -2.25. The Kier molecular flexibility index (Phi) is 5.10. The van der Waals surface area contributed by atoms with Crippen molar-refractivity contribution in [3.8, 4) is 0 Å². The van der Waals surface area contributed by atoms with Crippen LogP contribution in [0.25, 0.3) is 0 Å². The Morgan fingerprint density at radius 2 is 2.06 bits per heavy atom. The zero-order valence-electron chi connectivity index (χ0n) is 11.0. The van der Waals surface area contributed by atoms with Crippen molar-refractivity contribution in [2.45, 2.75) is 32.3 Å². The standard InChI is InChI=1S/C15H20O3/c1-4-6-12-7-9-13(10-8-12)15(3,14(16)17)18-11-5-2/h5,7-10H,2,4,6,11H2,1,3H3,(H,16,17). The van der Waals surface area contributed by atoms with Gasteiger partial charge in [0, 0.05) is 0 Å². The van der Waals surface area contributed by atoms with E-state index in [1.165, 1.54) is 5.56 Å². The maximum Gasteiger partial charge on any atom is 0.340 e. The average molecular weight is 248 g/mol. The first kappa shape index (κ1) is 14.5. The molecule has 0 aromatic heterocycles. The first-order valence-corrected chi connectivity index (χ1v) is 6.12. The van der Waals surface area contributed by atoms with Crippen molar-refractivity contribution < 1.29 is 14.6 Å². The molecular formula is C15H20O3. The van der Waals surface area contributed by atoms with E-state index in [1.807, 2.05) is 24.3 Å². The third-order valence-electron chi connectivity index (χ3n) is 2.94. The molecule has 1 N–H and O–H groups in total. The molecule has 1 unspecified atom stereocenters. The van der Waals surface area contributed by atoms with E-state index in [0.29, 0.717) is 5.56 Å². The molecule has 3 heteroatoms. The number of rotatable bonds is 7. The van der Waals surface area contributed by atoms with E-state index >= 15 is 0 Å². The molecule has 0 fully saturated rings. The molecule has 1 aromatic carbocycles. The van der Waals surface area contributed by atoms with Crippen LogP contribution in [0.3, 0.4) is 0 Å². The van der Waals surface area contributed by atoms with Crippen molar-refractivity contribution in [3.63, 3.8) is 0 Å². The van der Waals surface area contributed by atoms with E-state index in [2.05, 4.69) is 13.5 Å². The van der Waals surface area contributed by atoms with Gasteiger partial charge in [0.1, 0.15) is 0 Å². The van der Waals surface area contributed by atoms with Crippen molar-refractivity contribution in [1.82, 2.24) is 0 Å². The summed E-state index contributed by atoms with van der Waals surface area (Å²) in [6, 6.07) is 7.55. The second-order valence-electron chi connectivity index (χ2n) is 4.39. The molecule has 1 aromatic rings. The molecule has 0 aliphatic heterocycles. The molecule has 18 heavy (non-hydrogen) atoms. The minimum atomic E-state index is -1.32. The Labute approximate surface area is 108 Å². The third-order valence-corrected chi connectivity index (χ3v) is 2.94. The van der Waals surface area contributed by atoms with E-state index in [1.54, 1.807) is 13.0 Å². The molecule has 0 bridgehead atoms. The van der Waals surface area contributed by atoms with Gasteiger partial charge < -0.3 is 9.84 Å². The van der Waals surface area contributed by atoms with Gasteiger partial charge in [0.05, 0.1) is 6.61 Å². The minimum Gasteiger partial charge on any atom is -0.479 e. The minimum absolute atomic E-state index is 0.208. The van der Waals surface area contributed by atoms with Gasteiger partial charge in [-0.2, -0.15) is 0 Å². The van der Waals surface area contributed by atoms with Crippen molar-refractivity contribution in [2.24, 2.45) is 0 Å². The van der Waals surface area contributed by atoms with E-state index in [9.17, 15) is 9.90 Å². The molecule has 0 saturated carbocycles. The fourth-order valence-electron chi connectivity index (χ4n) is 1.77. The lowest BCUT2D eigenvalue weighted by Crippen LogP contribution is -2.35. The predicted octanol–water partition coefficient (Wildman–Crippen LogP) is 3.14. The fourth-order valence-corrected chi connectivity index (χ4v) is 1.77. The summed E-state index contributed by atoms with van der Waals surface area (Å²) in [5.74, 6) is -0.993. The number of hydrogen-bond acceptors (Lipinski definition) is 2. The molecule has 0 radical (unpaired) electrons. The maximum atomic E-state index is 11.4. The van der Waals surface area contributed by atoms with Gasteiger partial charge in [0.25, 0.3) is 0 Å². The number of carboxylic acids is 1. The summed E-state index contributed by atoms with van der Waals surface area (Å²) in [4.78, 5) is 11.4. The summed E-state index contributed by atoms with van der Waals surface area (Å²) < 4.78 is 5.41. The van der Waals surface area contributed by atoms with Gasteiger partial charge in [0.2, 0.25) is 0 Å². The van der Waals surface area contributed by atoms with E-state index in [4.69, 9.17) is 4.74 Å². The Morgan fingerprint density at radius 1 is 1.44 bits per heavy atom. The zero-order valence-corrected chi connectivity index (χ0v) is 11.0. The highest BCUT2D eigenvalue weighted by molar-refractivity contribution is 5.79. The van der Waals surface area contributed by atoms with Crippen LogP contribution in [0.2, 0.25) is 0 Å². The van der Waals surface area contributed by atoms with E-state index in [0.717, 1.165) is 12.8 Å². The second kappa shape index (κ2) is 6.36. The summed E-state index contributed by atoms with van der Waals surface area (Å²) in [6.07, 6.45) is 3.62. The van der Waals surface area contributed by atoms with Gasteiger partial charge in [0.15, 0.2) is 5.60 Å². The Morgan fingerprint density at radius 3 is 2.50 bits per heavy atom. The van der Waals surface area contributed by atoms with Crippen LogP contribution in [0.15, 0.2) is 36.9 Å². The summed E-state index contributed by atoms with van der Waals surface area (Å²) in [7, 11) is 0. The van der Waals surface area contributed by atoms with Crippen LogP contribution in [0.5, 0.6) is 0 Å². The molecular weight excluding hydrogens is 228 g/mol. The van der Waals surface area contributed by atoms with Gasteiger partial charge in [-0.15, -0.1) is 6.58 Å². The van der Waals surface area contributed by atoms with Crippen LogP contribution < -0.4 is 0 Å². The third kappa shape index (κ3) is 3.20. The molecule has 0 spiro atoms. The normalized spacial score (nSPS) is 13.9. The van der Waals surface area contributed by atoms with E-state index in [-0.39, 0.29) is 6.61 Å². The number of hydrogen-bond donors (Lipinski definition) is 1. The average Bonchev–Trinajstić information content (AvgIpc) is 2.37. The van der Waals surface area contributed by atoms with Crippen molar-refractivity contribution in [3.05, 3.63) is 48.0 Å². The molecule has 0 aliphatic carbocycles. The monoisotopic (exact) mass is 248 g/mol. The Balaban J connectivity index is 2.98. The topological polar surface area (TPSA) is 46.5 Å². The number of aliphatic carboxylic acids is 1. The lowest BCUT2D eigenvalue weighted by molar-refractivity contribution is -0.163. The number of benzene rings is 1. The predicted molar refractivity (Wildman–Crippen MR) is 71.6 cm³/mol. The van der Waals surface area contributed by atoms with Crippen LogP contribution in [0.1, 0.15) is 31.4 Å². The van der Waals surface area contributed by atoms with Crippen molar-refractivity contribution in [1.29, 1.82) is 0 Å². The van der Waals surface area contributed by atoms with Gasteiger partial charge in [-0.3, -0.25) is 0 Å². The maximum absolute atomic E-state index is 11.4. The molecule has 0 saturated heterocycles. The largest absolute Gasteiger partial charge is 0.479 e. The van der Waals surface area contributed by atoms with Gasteiger partial charge in [-0.05, 0) is 24.5 Å². The quantitative estimate of drug-likeness (QED) is 0.754. The molecule has 0 heterocycles. The molecule has 1 rings (SSSR count). The van der Waals surface area contributed by atoms with Crippen LogP contribution in [0, 0.1) is 0 Å². The van der Waals surface area contributed by atoms with Crippen LogP contribution >= 0.6 is 0 Å². The fraction of sp³-hybridized carbons (Fsp3) is 0.400. The first-order valence-electron chi connectivity index (χ1n) is 6.12. The lowest BCUT2D eigenvalue weighted by atomic mass is 9.94. The molecule has 3 nitrogen and oxygen atoms in total.